The van der Waals surface area contributed by atoms with Gasteiger partial charge in [-0.1, -0.05) is 49.5 Å². The van der Waals surface area contributed by atoms with Crippen molar-refractivity contribution in [1.82, 2.24) is 4.98 Å². The van der Waals surface area contributed by atoms with Crippen molar-refractivity contribution in [1.29, 1.82) is 0 Å². The molecule has 1 aromatic heterocycles. The number of aromatic nitrogens is 1. The van der Waals surface area contributed by atoms with Crippen LogP contribution in [-0.4, -0.2) is 4.98 Å². The fourth-order valence-electron chi connectivity index (χ4n) is 3.61. The van der Waals surface area contributed by atoms with E-state index in [2.05, 4.69) is 29.8 Å². The Morgan fingerprint density at radius 1 is 0.750 bits per heavy atom. The molecule has 0 aliphatic rings. The molecule has 0 saturated carbocycles. The third-order valence-corrected chi connectivity index (χ3v) is 5.38. The van der Waals surface area contributed by atoms with Crippen molar-refractivity contribution in [2.45, 2.75) is 32.6 Å². The van der Waals surface area contributed by atoms with Crippen molar-refractivity contribution in [3.05, 3.63) is 112 Å². The van der Waals surface area contributed by atoms with Crippen LogP contribution in [0.25, 0.3) is 10.8 Å². The third kappa shape index (κ3) is 5.00. The summed E-state index contributed by atoms with van der Waals surface area (Å²) in [5.74, 6) is 3.59. The quantitative estimate of drug-likeness (QED) is 0.318. The number of halogens is 3. The van der Waals surface area contributed by atoms with E-state index < -0.39 is 11.6 Å². The zero-order valence-corrected chi connectivity index (χ0v) is 17.8. The van der Waals surface area contributed by atoms with Gasteiger partial charge in [0.1, 0.15) is 5.82 Å². The van der Waals surface area contributed by atoms with E-state index in [1.807, 2.05) is 18.3 Å². The molecule has 4 rings (SSSR count). The average Bonchev–Trinajstić information content (AvgIpc) is 2.80. The van der Waals surface area contributed by atoms with Gasteiger partial charge in [-0.3, -0.25) is 4.98 Å². The number of hydrogen-bond acceptors (Lipinski definition) is 1. The molecule has 0 fully saturated rings. The second-order valence-electron chi connectivity index (χ2n) is 7.77. The van der Waals surface area contributed by atoms with Gasteiger partial charge >= 0.3 is 0 Å². The lowest BCUT2D eigenvalue weighted by Gasteiger charge is -2.04. The smallest absolute Gasteiger partial charge is 0.166 e. The molecule has 0 bridgehead atoms. The van der Waals surface area contributed by atoms with Crippen LogP contribution in [-0.2, 0) is 19.3 Å². The summed E-state index contributed by atoms with van der Waals surface area (Å²) in [5.41, 5.74) is 4.00. The minimum Gasteiger partial charge on any atom is -0.261 e. The molecule has 0 atom stereocenters. The lowest BCUT2D eigenvalue weighted by Crippen LogP contribution is -1.97. The zero-order chi connectivity index (χ0) is 22.5. The summed E-state index contributed by atoms with van der Waals surface area (Å²) < 4.78 is 41.7. The summed E-state index contributed by atoms with van der Waals surface area (Å²) in [6.45, 7) is 2.14. The van der Waals surface area contributed by atoms with E-state index in [1.165, 1.54) is 23.8 Å². The SMILES string of the molecule is CCCc1ccc(CCc2ccc(C#Cc3ccc4c(F)c(F)ccc4c3)c(F)c2)nc1. The maximum absolute atomic E-state index is 14.6. The van der Waals surface area contributed by atoms with Gasteiger partial charge in [-0.15, -0.1) is 0 Å². The van der Waals surface area contributed by atoms with Crippen molar-refractivity contribution in [2.75, 3.05) is 0 Å². The normalized spacial score (nSPS) is 10.8. The van der Waals surface area contributed by atoms with E-state index in [0.29, 0.717) is 22.9 Å². The average molecular weight is 429 g/mol. The maximum Gasteiger partial charge on any atom is 0.166 e. The van der Waals surface area contributed by atoms with Gasteiger partial charge in [0.05, 0.1) is 5.56 Å². The molecule has 0 radical (unpaired) electrons. The highest BCUT2D eigenvalue weighted by Gasteiger charge is 2.07. The van der Waals surface area contributed by atoms with Gasteiger partial charge in [-0.2, -0.15) is 0 Å². The first kappa shape index (κ1) is 21.6. The fourth-order valence-corrected chi connectivity index (χ4v) is 3.61. The van der Waals surface area contributed by atoms with Gasteiger partial charge in [0.25, 0.3) is 0 Å². The third-order valence-electron chi connectivity index (χ3n) is 5.38. The van der Waals surface area contributed by atoms with Gasteiger partial charge in [-0.25, -0.2) is 13.2 Å². The fraction of sp³-hybridized carbons (Fsp3) is 0.179. The van der Waals surface area contributed by atoms with Crippen LogP contribution in [0.1, 0.15) is 41.3 Å². The van der Waals surface area contributed by atoms with Crippen LogP contribution in [0.15, 0.2) is 66.9 Å². The van der Waals surface area contributed by atoms with Gasteiger partial charge in [0.2, 0.25) is 0 Å². The number of nitrogens with zero attached hydrogens (tertiary/aromatic N) is 1. The summed E-state index contributed by atoms with van der Waals surface area (Å²) in [6, 6.07) is 16.5. The zero-order valence-electron chi connectivity index (χ0n) is 17.8. The molecule has 0 saturated heterocycles. The lowest BCUT2D eigenvalue weighted by atomic mass is 10.0. The van der Waals surface area contributed by atoms with Crippen LogP contribution in [0.2, 0.25) is 0 Å². The molecule has 0 amide bonds. The van der Waals surface area contributed by atoms with E-state index in [-0.39, 0.29) is 11.2 Å². The highest BCUT2D eigenvalue weighted by Crippen LogP contribution is 2.21. The van der Waals surface area contributed by atoms with Crippen molar-refractivity contribution >= 4 is 10.8 Å². The van der Waals surface area contributed by atoms with E-state index in [0.717, 1.165) is 36.6 Å². The Balaban J connectivity index is 1.45. The number of hydrogen-bond donors (Lipinski definition) is 0. The Hall–Kier alpha value is -3.58. The molecule has 0 unspecified atom stereocenters. The van der Waals surface area contributed by atoms with Crippen LogP contribution in [0.4, 0.5) is 13.2 Å². The van der Waals surface area contributed by atoms with E-state index in [1.54, 1.807) is 18.2 Å². The predicted molar refractivity (Wildman–Crippen MR) is 122 cm³/mol. The number of rotatable bonds is 5. The standard InChI is InChI=1S/C28H22F3N/c1-2-3-21-7-13-24(32-18-21)12-6-20-5-10-22(27(30)17-20)9-4-19-8-14-25-23(16-19)11-15-26(29)28(25)31/h5,7-8,10-11,13-18H,2-3,6,12H2,1H3. The van der Waals surface area contributed by atoms with Crippen LogP contribution in [0, 0.1) is 29.3 Å². The first-order valence-corrected chi connectivity index (χ1v) is 10.7. The highest BCUT2D eigenvalue weighted by molar-refractivity contribution is 5.84. The first-order chi connectivity index (χ1) is 15.5. The van der Waals surface area contributed by atoms with E-state index >= 15 is 0 Å². The maximum atomic E-state index is 14.6. The number of pyridine rings is 1. The highest BCUT2D eigenvalue weighted by atomic mass is 19.2. The molecule has 4 heteroatoms. The van der Waals surface area contributed by atoms with Gasteiger partial charge in [0.15, 0.2) is 11.6 Å². The van der Waals surface area contributed by atoms with Gasteiger partial charge < -0.3 is 0 Å². The van der Waals surface area contributed by atoms with Crippen LogP contribution in [0.5, 0.6) is 0 Å². The molecule has 3 aromatic carbocycles. The van der Waals surface area contributed by atoms with Crippen molar-refractivity contribution in [2.24, 2.45) is 0 Å². The summed E-state index contributed by atoms with van der Waals surface area (Å²) in [6.07, 6.45) is 5.46. The molecule has 0 spiro atoms. The molecule has 32 heavy (non-hydrogen) atoms. The summed E-state index contributed by atoms with van der Waals surface area (Å²) in [5, 5.41) is 0.739. The summed E-state index contributed by atoms with van der Waals surface area (Å²) in [7, 11) is 0. The molecule has 0 aliphatic carbocycles. The number of benzene rings is 3. The van der Waals surface area contributed by atoms with Gasteiger partial charge in [-0.05, 0) is 72.2 Å². The molecular weight excluding hydrogens is 407 g/mol. The van der Waals surface area contributed by atoms with Gasteiger partial charge in [0, 0.05) is 22.8 Å². The van der Waals surface area contributed by atoms with Crippen LogP contribution < -0.4 is 0 Å². The monoisotopic (exact) mass is 429 g/mol. The number of aryl methyl sites for hydroxylation is 3. The topological polar surface area (TPSA) is 12.9 Å². The van der Waals surface area contributed by atoms with Crippen LogP contribution >= 0.6 is 0 Å². The second kappa shape index (κ2) is 9.70. The minimum absolute atomic E-state index is 0.195. The molecule has 4 aromatic rings. The van der Waals surface area contributed by atoms with Crippen molar-refractivity contribution < 1.29 is 13.2 Å². The van der Waals surface area contributed by atoms with E-state index in [9.17, 15) is 13.2 Å². The minimum atomic E-state index is -0.886. The lowest BCUT2D eigenvalue weighted by molar-refractivity contribution is 0.517. The summed E-state index contributed by atoms with van der Waals surface area (Å²) >= 11 is 0. The predicted octanol–water partition coefficient (Wildman–Crippen LogP) is 6.79. The first-order valence-electron chi connectivity index (χ1n) is 10.7. The van der Waals surface area contributed by atoms with Crippen molar-refractivity contribution in [3.8, 4) is 11.8 Å². The molecule has 0 N–H and O–H groups in total. The molecular formula is C28H22F3N. The Bertz CT molecular complexity index is 1310. The Morgan fingerprint density at radius 3 is 2.34 bits per heavy atom. The van der Waals surface area contributed by atoms with E-state index in [4.69, 9.17) is 0 Å². The molecule has 1 heterocycles. The molecule has 1 nitrogen and oxygen atoms in total. The Labute approximate surface area is 185 Å². The Morgan fingerprint density at radius 2 is 1.59 bits per heavy atom. The molecule has 160 valence electrons. The number of fused-ring (bicyclic) bond motifs is 1. The summed E-state index contributed by atoms with van der Waals surface area (Å²) in [4.78, 5) is 4.49. The largest absolute Gasteiger partial charge is 0.261 e. The second-order valence-corrected chi connectivity index (χ2v) is 7.77. The van der Waals surface area contributed by atoms with Crippen LogP contribution in [0.3, 0.4) is 0 Å². The Kier molecular flexibility index (Phi) is 6.56. The molecule has 0 aliphatic heterocycles. The van der Waals surface area contributed by atoms with Crippen molar-refractivity contribution in [3.63, 3.8) is 0 Å².